The largest absolute Gasteiger partial charge is 0.493 e. The molecule has 0 aromatic heterocycles. The Bertz CT molecular complexity index is 959. The minimum absolute atomic E-state index is 0.0113. The molecule has 1 heterocycles. The zero-order valence-electron chi connectivity index (χ0n) is 15.5. The van der Waals surface area contributed by atoms with Crippen molar-refractivity contribution in [2.75, 3.05) is 7.11 Å². The van der Waals surface area contributed by atoms with Crippen LogP contribution >= 0.6 is 39.3 Å². The second-order valence-electron chi connectivity index (χ2n) is 6.16. The molecule has 1 fully saturated rings. The van der Waals surface area contributed by atoms with E-state index in [9.17, 15) is 4.79 Å². The quantitative estimate of drug-likeness (QED) is 0.549. The fourth-order valence-electron chi connectivity index (χ4n) is 2.44. The molecule has 0 saturated carbocycles. The Morgan fingerprint density at radius 3 is 2.61 bits per heavy atom. The standard InChI is InChI=1S/C20H18BrClN2O3S/c1-11(2)27-18-15(21)8-12(9-16(18)26-3)10-17-19(25)24-20(28-17)23-14-6-4-13(22)5-7-14/h4-11H,1-3H3,(H,23,24,25). The van der Waals surface area contributed by atoms with Crippen molar-refractivity contribution < 1.29 is 14.3 Å². The maximum Gasteiger partial charge on any atom is 0.264 e. The van der Waals surface area contributed by atoms with Gasteiger partial charge in [-0.25, -0.2) is 4.99 Å². The van der Waals surface area contributed by atoms with Gasteiger partial charge in [0, 0.05) is 5.02 Å². The highest BCUT2D eigenvalue weighted by molar-refractivity contribution is 9.10. The number of amides is 1. The van der Waals surface area contributed by atoms with E-state index in [1.54, 1.807) is 37.5 Å². The van der Waals surface area contributed by atoms with E-state index >= 15 is 0 Å². The number of amidine groups is 1. The van der Waals surface area contributed by atoms with Crippen LogP contribution in [0.2, 0.25) is 5.02 Å². The fourth-order valence-corrected chi connectivity index (χ4v) is 3.96. The van der Waals surface area contributed by atoms with E-state index < -0.39 is 0 Å². The van der Waals surface area contributed by atoms with Crippen molar-refractivity contribution in [3.63, 3.8) is 0 Å². The molecule has 2 aromatic carbocycles. The topological polar surface area (TPSA) is 59.9 Å². The van der Waals surface area contributed by atoms with Crippen LogP contribution in [0.15, 0.2) is 50.8 Å². The Hall–Kier alpha value is -1.96. The monoisotopic (exact) mass is 480 g/mol. The lowest BCUT2D eigenvalue weighted by Crippen LogP contribution is -2.19. The van der Waals surface area contributed by atoms with Crippen LogP contribution < -0.4 is 14.8 Å². The number of carbonyl (C=O) groups is 1. The molecule has 1 N–H and O–H groups in total. The maximum atomic E-state index is 12.3. The lowest BCUT2D eigenvalue weighted by atomic mass is 10.2. The molecule has 0 radical (unpaired) electrons. The molecule has 0 spiro atoms. The summed E-state index contributed by atoms with van der Waals surface area (Å²) in [6, 6.07) is 10.8. The van der Waals surface area contributed by atoms with Crippen LogP contribution in [0.3, 0.4) is 0 Å². The van der Waals surface area contributed by atoms with Gasteiger partial charge < -0.3 is 14.8 Å². The number of rotatable bonds is 5. The predicted octanol–water partition coefficient (Wildman–Crippen LogP) is 5.79. The number of ether oxygens (including phenoxy) is 2. The van der Waals surface area contributed by atoms with Crippen LogP contribution in [0.25, 0.3) is 6.08 Å². The van der Waals surface area contributed by atoms with Gasteiger partial charge in [0.2, 0.25) is 0 Å². The highest BCUT2D eigenvalue weighted by Crippen LogP contribution is 2.39. The number of halogens is 2. The molecule has 3 rings (SSSR count). The third-order valence-corrected chi connectivity index (χ3v) is 5.36. The van der Waals surface area contributed by atoms with Gasteiger partial charge in [0.05, 0.1) is 28.3 Å². The highest BCUT2D eigenvalue weighted by Gasteiger charge is 2.24. The molecule has 146 valence electrons. The lowest BCUT2D eigenvalue weighted by Gasteiger charge is -2.16. The first-order valence-electron chi connectivity index (χ1n) is 8.45. The van der Waals surface area contributed by atoms with Crippen LogP contribution in [0.5, 0.6) is 11.5 Å². The molecule has 5 nitrogen and oxygen atoms in total. The van der Waals surface area contributed by atoms with Crippen molar-refractivity contribution >= 4 is 62.1 Å². The summed E-state index contributed by atoms with van der Waals surface area (Å²) in [5, 5.41) is 3.93. The summed E-state index contributed by atoms with van der Waals surface area (Å²) in [5.74, 6) is 1.02. The number of methoxy groups -OCH3 is 1. The number of thioether (sulfide) groups is 1. The molecule has 0 atom stereocenters. The summed E-state index contributed by atoms with van der Waals surface area (Å²) in [6.45, 7) is 3.89. The summed E-state index contributed by atoms with van der Waals surface area (Å²) in [6.07, 6.45) is 1.80. The van der Waals surface area contributed by atoms with E-state index in [0.717, 1.165) is 10.0 Å². The van der Waals surface area contributed by atoms with Crippen molar-refractivity contribution in [3.05, 3.63) is 56.4 Å². The Labute approximate surface area is 181 Å². The van der Waals surface area contributed by atoms with Gasteiger partial charge in [-0.1, -0.05) is 11.6 Å². The summed E-state index contributed by atoms with van der Waals surface area (Å²) in [5.41, 5.74) is 1.53. The predicted molar refractivity (Wildman–Crippen MR) is 119 cm³/mol. The third-order valence-electron chi connectivity index (χ3n) is 3.61. The van der Waals surface area contributed by atoms with Crippen molar-refractivity contribution in [1.82, 2.24) is 5.32 Å². The summed E-state index contributed by atoms with van der Waals surface area (Å²) < 4.78 is 12.0. The van der Waals surface area contributed by atoms with E-state index in [-0.39, 0.29) is 12.0 Å². The number of hydrogen-bond donors (Lipinski definition) is 1. The van der Waals surface area contributed by atoms with Gasteiger partial charge >= 0.3 is 0 Å². The molecule has 0 unspecified atom stereocenters. The summed E-state index contributed by atoms with van der Waals surface area (Å²) >= 11 is 10.7. The van der Waals surface area contributed by atoms with E-state index in [0.29, 0.717) is 32.3 Å². The molecule has 0 bridgehead atoms. The van der Waals surface area contributed by atoms with Gasteiger partial charge in [-0.15, -0.1) is 0 Å². The number of carbonyl (C=O) groups excluding carboxylic acids is 1. The normalized spacial score (nSPS) is 16.7. The van der Waals surface area contributed by atoms with Crippen molar-refractivity contribution in [2.45, 2.75) is 20.0 Å². The molecule has 1 amide bonds. The number of aliphatic imine (C=N–C) groups is 1. The molecule has 1 saturated heterocycles. The van der Waals surface area contributed by atoms with Crippen LogP contribution in [0.4, 0.5) is 5.69 Å². The van der Waals surface area contributed by atoms with E-state index in [1.165, 1.54) is 11.8 Å². The van der Waals surface area contributed by atoms with Gasteiger partial charge in [0.15, 0.2) is 16.7 Å². The Morgan fingerprint density at radius 2 is 1.96 bits per heavy atom. The molecular formula is C20H18BrClN2O3S. The van der Waals surface area contributed by atoms with Gasteiger partial charge in [0.25, 0.3) is 5.91 Å². The Balaban J connectivity index is 1.86. The Morgan fingerprint density at radius 1 is 1.25 bits per heavy atom. The van der Waals surface area contributed by atoms with Gasteiger partial charge in [-0.3, -0.25) is 4.79 Å². The third kappa shape index (κ3) is 5.10. The SMILES string of the molecule is COc1cc(C=C2SC(=Nc3ccc(Cl)cc3)NC2=O)cc(Br)c1OC(C)C. The lowest BCUT2D eigenvalue weighted by molar-refractivity contribution is -0.115. The molecule has 28 heavy (non-hydrogen) atoms. The van der Waals surface area contributed by atoms with E-state index in [1.807, 2.05) is 26.0 Å². The minimum Gasteiger partial charge on any atom is -0.493 e. The molecule has 2 aromatic rings. The number of nitrogens with zero attached hydrogens (tertiary/aromatic N) is 1. The zero-order valence-corrected chi connectivity index (χ0v) is 18.6. The second kappa shape index (κ2) is 9.03. The van der Waals surface area contributed by atoms with Gasteiger partial charge in [-0.2, -0.15) is 0 Å². The van der Waals surface area contributed by atoms with Crippen LogP contribution in [-0.2, 0) is 4.79 Å². The van der Waals surface area contributed by atoms with Crippen LogP contribution in [0, 0.1) is 0 Å². The second-order valence-corrected chi connectivity index (χ2v) is 8.48. The summed E-state index contributed by atoms with van der Waals surface area (Å²) in [4.78, 5) is 17.3. The fraction of sp³-hybridized carbons (Fsp3) is 0.200. The minimum atomic E-state index is -0.199. The Kier molecular flexibility index (Phi) is 6.69. The average Bonchev–Trinajstić information content (AvgIpc) is 2.97. The van der Waals surface area contributed by atoms with E-state index in [4.69, 9.17) is 21.1 Å². The van der Waals surface area contributed by atoms with Crippen molar-refractivity contribution in [1.29, 1.82) is 0 Å². The number of nitrogens with one attached hydrogen (secondary N) is 1. The van der Waals surface area contributed by atoms with Crippen LogP contribution in [-0.4, -0.2) is 24.3 Å². The highest BCUT2D eigenvalue weighted by atomic mass is 79.9. The number of benzene rings is 2. The molecule has 0 aliphatic carbocycles. The molecule has 1 aliphatic heterocycles. The summed E-state index contributed by atoms with van der Waals surface area (Å²) in [7, 11) is 1.58. The van der Waals surface area contributed by atoms with E-state index in [2.05, 4.69) is 26.2 Å². The van der Waals surface area contributed by atoms with Crippen LogP contribution in [0.1, 0.15) is 19.4 Å². The molecule has 8 heteroatoms. The first kappa shape index (κ1) is 20.8. The maximum absolute atomic E-state index is 12.3. The molecule has 1 aliphatic rings. The smallest absolute Gasteiger partial charge is 0.264 e. The number of hydrogen-bond acceptors (Lipinski definition) is 5. The molecular weight excluding hydrogens is 464 g/mol. The van der Waals surface area contributed by atoms with Crippen molar-refractivity contribution in [2.24, 2.45) is 4.99 Å². The first-order valence-corrected chi connectivity index (χ1v) is 10.4. The van der Waals surface area contributed by atoms with Crippen molar-refractivity contribution in [3.8, 4) is 11.5 Å². The zero-order chi connectivity index (χ0) is 20.3. The average molecular weight is 482 g/mol. The first-order chi connectivity index (χ1) is 13.4. The van der Waals surface area contributed by atoms with Gasteiger partial charge in [-0.05, 0) is 89.6 Å². The van der Waals surface area contributed by atoms with Gasteiger partial charge in [0.1, 0.15) is 0 Å².